The van der Waals surface area contributed by atoms with Crippen molar-refractivity contribution in [1.29, 1.82) is 0 Å². The number of nitrogens with one attached hydrogen (secondary N) is 1. The van der Waals surface area contributed by atoms with Gasteiger partial charge in [0.15, 0.2) is 0 Å². The predicted octanol–water partition coefficient (Wildman–Crippen LogP) is 3.19. The molecule has 0 saturated carbocycles. The molecule has 8 heteroatoms. The highest BCUT2D eigenvalue weighted by Gasteiger charge is 2.22. The first-order valence-corrected chi connectivity index (χ1v) is 8.97. The van der Waals surface area contributed by atoms with Crippen LogP contribution in [0.3, 0.4) is 0 Å². The van der Waals surface area contributed by atoms with Gasteiger partial charge in [0.05, 0.1) is 28.6 Å². The van der Waals surface area contributed by atoms with Gasteiger partial charge in [-0.1, -0.05) is 11.6 Å². The van der Waals surface area contributed by atoms with Crippen LogP contribution in [-0.2, 0) is 11.8 Å². The molecule has 1 aliphatic rings. The third-order valence-electron chi connectivity index (χ3n) is 4.85. The van der Waals surface area contributed by atoms with Crippen LogP contribution >= 0.6 is 11.6 Å². The number of pyridine rings is 2. The van der Waals surface area contributed by atoms with E-state index in [1.807, 2.05) is 23.6 Å². The molecule has 0 spiro atoms. The maximum atomic E-state index is 12.8. The van der Waals surface area contributed by atoms with Crippen LogP contribution in [-0.4, -0.2) is 32.3 Å². The number of aromatic nitrogens is 4. The molecular weight excluding hydrogens is 354 g/mol. The van der Waals surface area contributed by atoms with Crippen LogP contribution in [0, 0.1) is 6.92 Å². The maximum Gasteiger partial charge on any atom is 0.329 e. The van der Waals surface area contributed by atoms with Crippen LogP contribution < -0.4 is 11.0 Å². The second kappa shape index (κ2) is 6.74. The Morgan fingerprint density at radius 1 is 1.27 bits per heavy atom. The normalized spacial score (nSPS) is 15.5. The highest BCUT2D eigenvalue weighted by atomic mass is 35.5. The summed E-state index contributed by atoms with van der Waals surface area (Å²) in [6.45, 7) is 3.24. The quantitative estimate of drug-likeness (QED) is 0.714. The molecule has 0 radical (unpaired) electrons. The molecule has 3 aromatic rings. The number of imidazole rings is 1. The molecule has 0 aromatic carbocycles. The van der Waals surface area contributed by atoms with Crippen LogP contribution in [0.15, 0.2) is 29.2 Å². The van der Waals surface area contributed by atoms with Crippen molar-refractivity contribution < 1.29 is 4.74 Å². The van der Waals surface area contributed by atoms with Gasteiger partial charge in [-0.2, -0.15) is 0 Å². The van der Waals surface area contributed by atoms with Crippen molar-refractivity contribution in [3.05, 3.63) is 45.7 Å². The number of hydrogen-bond acceptors (Lipinski definition) is 5. The van der Waals surface area contributed by atoms with Gasteiger partial charge in [-0.25, -0.2) is 14.8 Å². The molecule has 0 aliphatic carbocycles. The van der Waals surface area contributed by atoms with Crippen LogP contribution in [0.25, 0.3) is 11.0 Å². The minimum Gasteiger partial charge on any atom is -0.381 e. The number of hydrogen-bond donors (Lipinski definition) is 1. The summed E-state index contributed by atoms with van der Waals surface area (Å²) < 4.78 is 8.96. The van der Waals surface area contributed by atoms with E-state index in [1.165, 1.54) is 0 Å². The predicted molar refractivity (Wildman–Crippen MR) is 101 cm³/mol. The fraction of sp³-hybridized carbons (Fsp3) is 0.389. The van der Waals surface area contributed by atoms with Crippen molar-refractivity contribution >= 4 is 34.1 Å². The van der Waals surface area contributed by atoms with E-state index in [4.69, 9.17) is 16.3 Å². The van der Waals surface area contributed by atoms with Crippen LogP contribution in [0.5, 0.6) is 0 Å². The summed E-state index contributed by atoms with van der Waals surface area (Å²) in [6.07, 6.45) is 3.40. The van der Waals surface area contributed by atoms with Crippen LogP contribution in [0.1, 0.15) is 24.6 Å². The number of fused-ring (bicyclic) bond motifs is 1. The second-order valence-corrected chi connectivity index (χ2v) is 6.89. The molecule has 1 saturated heterocycles. The molecule has 136 valence electrons. The fourth-order valence-corrected chi connectivity index (χ4v) is 3.61. The average Bonchev–Trinajstić information content (AvgIpc) is 2.89. The maximum absolute atomic E-state index is 12.8. The minimum absolute atomic E-state index is 0.0183. The van der Waals surface area contributed by atoms with Crippen molar-refractivity contribution in [1.82, 2.24) is 19.1 Å². The van der Waals surface area contributed by atoms with E-state index >= 15 is 0 Å². The zero-order valence-corrected chi connectivity index (χ0v) is 15.5. The molecule has 0 amide bonds. The largest absolute Gasteiger partial charge is 0.381 e. The summed E-state index contributed by atoms with van der Waals surface area (Å²) >= 11 is 5.92. The number of aryl methyl sites for hydroxylation is 2. The standard InChI is InChI=1S/C18H20ClN5O2/c1-11-13(3-4-16(19)21-11)22-17-9-14-15(10-20-17)23(2)18(25)24(14)12-5-7-26-8-6-12/h3-4,9-10,12H,5-8H2,1-2H3,(H,20,22). The van der Waals surface area contributed by atoms with E-state index in [0.717, 1.165) is 35.3 Å². The molecule has 0 atom stereocenters. The van der Waals surface area contributed by atoms with E-state index < -0.39 is 0 Å². The van der Waals surface area contributed by atoms with E-state index in [1.54, 1.807) is 23.9 Å². The van der Waals surface area contributed by atoms with Crippen molar-refractivity contribution in [2.75, 3.05) is 18.5 Å². The zero-order valence-electron chi connectivity index (χ0n) is 14.7. The molecule has 1 fully saturated rings. The summed E-state index contributed by atoms with van der Waals surface area (Å²) in [4.78, 5) is 21.5. The monoisotopic (exact) mass is 373 g/mol. The third kappa shape index (κ3) is 2.97. The van der Waals surface area contributed by atoms with Crippen molar-refractivity contribution in [3.8, 4) is 0 Å². The molecule has 3 aromatic heterocycles. The lowest BCUT2D eigenvalue weighted by Crippen LogP contribution is -2.29. The summed E-state index contributed by atoms with van der Waals surface area (Å²) in [5, 5.41) is 3.72. The highest BCUT2D eigenvalue weighted by Crippen LogP contribution is 2.27. The average molecular weight is 374 g/mol. The van der Waals surface area contributed by atoms with Crippen LogP contribution in [0.2, 0.25) is 5.15 Å². The first kappa shape index (κ1) is 17.1. The molecule has 0 unspecified atom stereocenters. The molecule has 7 nitrogen and oxygen atoms in total. The first-order chi connectivity index (χ1) is 12.5. The topological polar surface area (TPSA) is 74.0 Å². The molecule has 4 rings (SSSR count). The van der Waals surface area contributed by atoms with Crippen LogP contribution in [0.4, 0.5) is 11.5 Å². The fourth-order valence-electron chi connectivity index (χ4n) is 3.42. The van der Waals surface area contributed by atoms with Crippen molar-refractivity contribution in [3.63, 3.8) is 0 Å². The van der Waals surface area contributed by atoms with Gasteiger partial charge in [0.1, 0.15) is 11.0 Å². The van der Waals surface area contributed by atoms with Gasteiger partial charge in [0, 0.05) is 32.4 Å². The Hall–Kier alpha value is -2.38. The van der Waals surface area contributed by atoms with Gasteiger partial charge < -0.3 is 10.1 Å². The zero-order chi connectivity index (χ0) is 18.3. The van der Waals surface area contributed by atoms with Crippen molar-refractivity contribution in [2.24, 2.45) is 7.05 Å². The first-order valence-electron chi connectivity index (χ1n) is 8.59. The Morgan fingerprint density at radius 3 is 2.77 bits per heavy atom. The molecule has 4 heterocycles. The summed E-state index contributed by atoms with van der Waals surface area (Å²) in [5.41, 5.74) is 3.29. The third-order valence-corrected chi connectivity index (χ3v) is 5.06. The lowest BCUT2D eigenvalue weighted by molar-refractivity contribution is 0.0696. The van der Waals surface area contributed by atoms with Gasteiger partial charge in [-0.3, -0.25) is 9.13 Å². The lowest BCUT2D eigenvalue weighted by atomic mass is 10.1. The summed E-state index contributed by atoms with van der Waals surface area (Å²) in [6, 6.07) is 5.66. The molecule has 1 N–H and O–H groups in total. The van der Waals surface area contributed by atoms with Gasteiger partial charge >= 0.3 is 5.69 Å². The Morgan fingerprint density at radius 2 is 2.04 bits per heavy atom. The van der Waals surface area contributed by atoms with E-state index in [9.17, 15) is 4.79 Å². The molecule has 1 aliphatic heterocycles. The number of ether oxygens (including phenoxy) is 1. The second-order valence-electron chi connectivity index (χ2n) is 6.51. The molecular formula is C18H20ClN5O2. The van der Waals surface area contributed by atoms with E-state index in [2.05, 4.69) is 15.3 Å². The van der Waals surface area contributed by atoms with Gasteiger partial charge in [0.2, 0.25) is 0 Å². The Bertz CT molecular complexity index is 1020. The molecule has 26 heavy (non-hydrogen) atoms. The smallest absolute Gasteiger partial charge is 0.329 e. The summed E-state index contributed by atoms with van der Waals surface area (Å²) in [5.74, 6) is 0.663. The number of nitrogens with zero attached hydrogens (tertiary/aromatic N) is 4. The SMILES string of the molecule is Cc1nc(Cl)ccc1Nc1cc2c(cn1)n(C)c(=O)n2C1CCOCC1. The number of anilines is 2. The lowest BCUT2D eigenvalue weighted by Gasteiger charge is -2.23. The number of halogens is 1. The van der Waals surface area contributed by atoms with Gasteiger partial charge in [0.25, 0.3) is 0 Å². The van der Waals surface area contributed by atoms with Crippen molar-refractivity contribution in [2.45, 2.75) is 25.8 Å². The Kier molecular flexibility index (Phi) is 4.42. The molecule has 0 bridgehead atoms. The van der Waals surface area contributed by atoms with Gasteiger partial charge in [-0.05, 0) is 31.9 Å². The number of rotatable bonds is 3. The minimum atomic E-state index is -0.0183. The summed E-state index contributed by atoms with van der Waals surface area (Å²) in [7, 11) is 1.78. The Labute approximate surface area is 155 Å². The van der Waals surface area contributed by atoms with E-state index in [-0.39, 0.29) is 11.7 Å². The van der Waals surface area contributed by atoms with Gasteiger partial charge in [-0.15, -0.1) is 0 Å². The Balaban J connectivity index is 1.77. The van der Waals surface area contributed by atoms with E-state index in [0.29, 0.717) is 24.2 Å². The highest BCUT2D eigenvalue weighted by molar-refractivity contribution is 6.29.